The number of carbonyl (C=O) groups excluding carboxylic acids is 3. The molecule has 31 heavy (non-hydrogen) atoms. The van der Waals surface area contributed by atoms with Crippen molar-refractivity contribution in [3.05, 3.63) is 58.6 Å². The van der Waals surface area contributed by atoms with Crippen molar-refractivity contribution in [3.63, 3.8) is 0 Å². The number of hydrogen-bond donors (Lipinski definition) is 2. The number of nitrogens with one attached hydrogen (secondary N) is 2. The normalized spacial score (nSPS) is 15.8. The zero-order chi connectivity index (χ0) is 22.5. The Morgan fingerprint density at radius 1 is 1.13 bits per heavy atom. The summed E-state index contributed by atoms with van der Waals surface area (Å²) >= 11 is 8.61. The molecule has 1 heterocycles. The second-order valence-electron chi connectivity index (χ2n) is 6.72. The van der Waals surface area contributed by atoms with Crippen molar-refractivity contribution in [1.29, 1.82) is 0 Å². The molecule has 0 aliphatic carbocycles. The molecule has 162 valence electrons. The van der Waals surface area contributed by atoms with E-state index in [-0.39, 0.29) is 23.3 Å². The van der Waals surface area contributed by atoms with Crippen LogP contribution in [-0.4, -0.2) is 52.4 Å². The first-order valence-corrected chi connectivity index (χ1v) is 10.7. The second kappa shape index (κ2) is 9.88. The van der Waals surface area contributed by atoms with E-state index in [0.717, 1.165) is 4.47 Å². The van der Waals surface area contributed by atoms with Crippen molar-refractivity contribution >= 4 is 56.7 Å². The van der Waals surface area contributed by atoms with Crippen LogP contribution in [0.1, 0.15) is 23.7 Å². The number of benzene rings is 2. The minimum atomic E-state index is -0.945. The van der Waals surface area contributed by atoms with E-state index in [1.54, 1.807) is 48.5 Å². The quantitative estimate of drug-likeness (QED) is 0.563. The summed E-state index contributed by atoms with van der Waals surface area (Å²) in [6.07, 6.45) is -0.183. The predicted octanol–water partition coefficient (Wildman–Crippen LogP) is 2.95. The molecule has 1 unspecified atom stereocenters. The minimum absolute atomic E-state index is 0.120. The summed E-state index contributed by atoms with van der Waals surface area (Å²) in [4.78, 5) is 39.1. The van der Waals surface area contributed by atoms with Crippen LogP contribution >= 0.6 is 28.1 Å². The van der Waals surface area contributed by atoms with Crippen LogP contribution < -0.4 is 15.5 Å². The largest absolute Gasteiger partial charge is 0.494 e. The van der Waals surface area contributed by atoms with Crippen LogP contribution in [0.3, 0.4) is 0 Å². The van der Waals surface area contributed by atoms with Crippen molar-refractivity contribution in [2.75, 3.05) is 19.0 Å². The summed E-state index contributed by atoms with van der Waals surface area (Å²) < 4.78 is 6.21. The standard InChI is InChI=1S/C21H21BrN4O4S/c1-3-30-16-10-8-15(9-11-16)23-18(27)12-17-20(29)25(2)21(31)26(17)24-19(28)13-4-6-14(22)7-5-13/h4-11,17H,3,12H2,1-2H3,(H,23,27)(H,24,28). The molecule has 1 fully saturated rings. The SMILES string of the molecule is CCOc1ccc(NC(=O)CC2C(=O)N(C)C(=S)N2NC(=O)c2ccc(Br)cc2)cc1. The van der Waals surface area contributed by atoms with Crippen LogP contribution in [0.4, 0.5) is 5.69 Å². The first-order chi connectivity index (χ1) is 14.8. The molecular formula is C21H21BrN4O4S. The molecule has 1 aliphatic heterocycles. The summed E-state index contributed by atoms with van der Waals surface area (Å²) in [6, 6.07) is 12.7. The number of hydrazine groups is 1. The average molecular weight is 505 g/mol. The lowest BCUT2D eigenvalue weighted by molar-refractivity contribution is -0.130. The van der Waals surface area contributed by atoms with Crippen molar-refractivity contribution < 1.29 is 19.1 Å². The van der Waals surface area contributed by atoms with Crippen molar-refractivity contribution in [2.24, 2.45) is 0 Å². The molecule has 0 bridgehead atoms. The third kappa shape index (κ3) is 5.39. The fourth-order valence-corrected chi connectivity index (χ4v) is 3.52. The van der Waals surface area contributed by atoms with Gasteiger partial charge in [0, 0.05) is 22.8 Å². The molecule has 3 rings (SSSR count). The molecule has 3 amide bonds. The molecule has 2 N–H and O–H groups in total. The number of carbonyl (C=O) groups is 3. The second-order valence-corrected chi connectivity index (χ2v) is 8.00. The molecule has 0 radical (unpaired) electrons. The molecule has 2 aromatic carbocycles. The highest BCUT2D eigenvalue weighted by Crippen LogP contribution is 2.20. The summed E-state index contributed by atoms with van der Waals surface area (Å²) in [5.74, 6) is -0.499. The topological polar surface area (TPSA) is 91.0 Å². The monoisotopic (exact) mass is 504 g/mol. The first-order valence-electron chi connectivity index (χ1n) is 9.50. The van der Waals surface area contributed by atoms with E-state index < -0.39 is 11.9 Å². The van der Waals surface area contributed by atoms with Crippen LogP contribution in [0.2, 0.25) is 0 Å². The van der Waals surface area contributed by atoms with Crippen molar-refractivity contribution in [2.45, 2.75) is 19.4 Å². The van der Waals surface area contributed by atoms with Crippen LogP contribution in [0.25, 0.3) is 0 Å². The highest BCUT2D eigenvalue weighted by atomic mass is 79.9. The molecule has 0 aromatic heterocycles. The van der Waals surface area contributed by atoms with Gasteiger partial charge in [0.1, 0.15) is 11.8 Å². The zero-order valence-electron chi connectivity index (χ0n) is 16.9. The van der Waals surface area contributed by atoms with Crippen molar-refractivity contribution in [1.82, 2.24) is 15.3 Å². The molecule has 0 spiro atoms. The van der Waals surface area contributed by atoms with E-state index in [0.29, 0.717) is 23.6 Å². The zero-order valence-corrected chi connectivity index (χ0v) is 19.3. The van der Waals surface area contributed by atoms with E-state index >= 15 is 0 Å². The molecule has 1 saturated heterocycles. The molecule has 8 nitrogen and oxygen atoms in total. The molecule has 10 heteroatoms. The predicted molar refractivity (Wildman–Crippen MR) is 123 cm³/mol. The van der Waals surface area contributed by atoms with Gasteiger partial charge in [0.25, 0.3) is 11.8 Å². The summed E-state index contributed by atoms with van der Waals surface area (Å²) in [7, 11) is 1.51. The lowest BCUT2D eigenvalue weighted by atomic mass is 10.2. The number of amides is 3. The first kappa shape index (κ1) is 22.7. The van der Waals surface area contributed by atoms with Gasteiger partial charge in [-0.05, 0) is 67.7 Å². The van der Waals surface area contributed by atoms with Gasteiger partial charge in [0.05, 0.1) is 13.0 Å². The average Bonchev–Trinajstić information content (AvgIpc) is 2.94. The number of likely N-dealkylation sites (N-methyl/N-ethyl adjacent to an activating group) is 1. The van der Waals surface area contributed by atoms with Gasteiger partial charge in [-0.2, -0.15) is 0 Å². The van der Waals surface area contributed by atoms with Gasteiger partial charge in [-0.15, -0.1) is 0 Å². The third-order valence-electron chi connectivity index (χ3n) is 4.58. The fraction of sp³-hybridized carbons (Fsp3) is 0.238. The van der Waals surface area contributed by atoms with E-state index in [9.17, 15) is 14.4 Å². The maximum absolute atomic E-state index is 12.6. The Kier molecular flexibility index (Phi) is 7.24. The summed E-state index contributed by atoms with van der Waals surface area (Å²) in [5.41, 5.74) is 3.61. The Balaban J connectivity index is 1.68. The van der Waals surface area contributed by atoms with Gasteiger partial charge in [0.2, 0.25) is 5.91 Å². The number of rotatable bonds is 7. The van der Waals surface area contributed by atoms with Gasteiger partial charge < -0.3 is 10.1 Å². The van der Waals surface area contributed by atoms with Gasteiger partial charge in [-0.3, -0.25) is 24.7 Å². The lowest BCUT2D eigenvalue weighted by Gasteiger charge is -2.24. The van der Waals surface area contributed by atoms with E-state index in [1.165, 1.54) is 17.0 Å². The van der Waals surface area contributed by atoms with Gasteiger partial charge in [-0.1, -0.05) is 15.9 Å². The number of hydrogen-bond acceptors (Lipinski definition) is 5. The number of thiocarbonyl (C=S) groups is 1. The van der Waals surface area contributed by atoms with Crippen LogP contribution in [0.5, 0.6) is 5.75 Å². The minimum Gasteiger partial charge on any atom is -0.494 e. The molecule has 1 atom stereocenters. The maximum atomic E-state index is 12.6. The van der Waals surface area contributed by atoms with Gasteiger partial charge >= 0.3 is 0 Å². The third-order valence-corrected chi connectivity index (χ3v) is 5.58. The molecule has 0 saturated carbocycles. The highest BCUT2D eigenvalue weighted by molar-refractivity contribution is 9.10. The Morgan fingerprint density at radius 3 is 2.39 bits per heavy atom. The fourth-order valence-electron chi connectivity index (χ4n) is 2.99. The number of ether oxygens (including phenoxy) is 1. The Bertz CT molecular complexity index is 997. The van der Waals surface area contributed by atoms with Crippen molar-refractivity contribution in [3.8, 4) is 5.75 Å². The van der Waals surface area contributed by atoms with E-state index in [2.05, 4.69) is 26.7 Å². The van der Waals surface area contributed by atoms with E-state index in [1.807, 2.05) is 6.92 Å². The van der Waals surface area contributed by atoms with Gasteiger partial charge in [0.15, 0.2) is 5.11 Å². The van der Waals surface area contributed by atoms with Crippen LogP contribution in [-0.2, 0) is 9.59 Å². The Labute approximate surface area is 193 Å². The molecule has 2 aromatic rings. The van der Waals surface area contributed by atoms with Crippen LogP contribution in [0, 0.1) is 0 Å². The number of halogens is 1. The van der Waals surface area contributed by atoms with Gasteiger partial charge in [-0.25, -0.2) is 5.01 Å². The lowest BCUT2D eigenvalue weighted by Crippen LogP contribution is -2.49. The smallest absolute Gasteiger partial charge is 0.269 e. The van der Waals surface area contributed by atoms with Crippen LogP contribution in [0.15, 0.2) is 53.0 Å². The highest BCUT2D eigenvalue weighted by Gasteiger charge is 2.42. The Hall–Kier alpha value is -2.98. The number of anilines is 1. The summed E-state index contributed by atoms with van der Waals surface area (Å²) in [5, 5.41) is 4.13. The summed E-state index contributed by atoms with van der Waals surface area (Å²) in [6.45, 7) is 2.43. The molecule has 1 aliphatic rings. The van der Waals surface area contributed by atoms with E-state index in [4.69, 9.17) is 17.0 Å². The maximum Gasteiger partial charge on any atom is 0.269 e. The Morgan fingerprint density at radius 2 is 1.77 bits per heavy atom. The molecular weight excluding hydrogens is 484 g/mol. The number of nitrogens with zero attached hydrogens (tertiary/aromatic N) is 2.